The lowest BCUT2D eigenvalue weighted by Gasteiger charge is -2.30. The van der Waals surface area contributed by atoms with Gasteiger partial charge in [0.05, 0.1) is 18.1 Å². The molecule has 0 radical (unpaired) electrons. The van der Waals surface area contributed by atoms with E-state index in [9.17, 15) is 13.2 Å². The summed E-state index contributed by atoms with van der Waals surface area (Å²) in [6, 6.07) is 7.00. The lowest BCUT2D eigenvalue weighted by atomic mass is 10.2. The fourth-order valence-electron chi connectivity index (χ4n) is 3.25. The first-order chi connectivity index (χ1) is 12.7. The van der Waals surface area contributed by atoms with Crippen LogP contribution in [0.2, 0.25) is 0 Å². The molecule has 0 aromatic heterocycles. The van der Waals surface area contributed by atoms with Gasteiger partial charge in [-0.1, -0.05) is 6.07 Å². The number of nitrogens with zero attached hydrogens (tertiary/aromatic N) is 2. The first kappa shape index (κ1) is 21.8. The van der Waals surface area contributed by atoms with Crippen molar-refractivity contribution >= 4 is 15.9 Å². The third kappa shape index (κ3) is 5.75. The molecule has 1 fully saturated rings. The summed E-state index contributed by atoms with van der Waals surface area (Å²) in [4.78, 5) is 14.9. The Balaban J connectivity index is 2.02. The number of carbonyl (C=O) groups is 1. The molecule has 8 heteroatoms. The maximum Gasteiger partial charge on any atom is 0.251 e. The van der Waals surface area contributed by atoms with Crippen LogP contribution in [0.15, 0.2) is 29.2 Å². The number of rotatable bonds is 8. The van der Waals surface area contributed by atoms with Crippen molar-refractivity contribution in [2.75, 3.05) is 39.4 Å². The van der Waals surface area contributed by atoms with Crippen LogP contribution in [0.1, 0.15) is 38.1 Å². The zero-order valence-corrected chi connectivity index (χ0v) is 17.5. The number of morpholine rings is 1. The summed E-state index contributed by atoms with van der Waals surface area (Å²) in [5.41, 5.74) is 0.352. The minimum absolute atomic E-state index is 0.142. The quantitative estimate of drug-likeness (QED) is 0.720. The molecule has 7 nitrogen and oxygen atoms in total. The summed E-state index contributed by atoms with van der Waals surface area (Å²) < 4.78 is 32.1. The van der Waals surface area contributed by atoms with Gasteiger partial charge in [-0.05, 0) is 45.9 Å². The average molecular weight is 398 g/mol. The van der Waals surface area contributed by atoms with E-state index in [0.29, 0.717) is 50.5 Å². The summed E-state index contributed by atoms with van der Waals surface area (Å²) in [5.74, 6) is -0.263. The third-order valence-electron chi connectivity index (χ3n) is 4.69. The Kier molecular flexibility index (Phi) is 7.79. The van der Waals surface area contributed by atoms with Crippen LogP contribution in [0.4, 0.5) is 0 Å². The average Bonchev–Trinajstić information content (AvgIpc) is 2.65. The lowest BCUT2D eigenvalue weighted by Crippen LogP contribution is -2.42. The highest BCUT2D eigenvalue weighted by atomic mass is 32.2. The molecular weight excluding hydrogens is 366 g/mol. The predicted molar refractivity (Wildman–Crippen MR) is 105 cm³/mol. The van der Waals surface area contributed by atoms with Crippen LogP contribution in [-0.2, 0) is 14.8 Å². The maximum absolute atomic E-state index is 12.7. The van der Waals surface area contributed by atoms with Gasteiger partial charge in [-0.15, -0.1) is 0 Å². The van der Waals surface area contributed by atoms with Crippen molar-refractivity contribution in [3.05, 3.63) is 29.8 Å². The second-order valence-corrected chi connectivity index (χ2v) is 9.16. The Bertz CT molecular complexity index is 720. The van der Waals surface area contributed by atoms with Crippen molar-refractivity contribution in [3.63, 3.8) is 0 Å². The molecule has 152 valence electrons. The molecule has 1 aliphatic heterocycles. The predicted octanol–water partition coefficient (Wildman–Crippen LogP) is 1.56. The molecule has 1 aromatic rings. The third-order valence-corrected chi connectivity index (χ3v) is 6.58. The molecule has 27 heavy (non-hydrogen) atoms. The largest absolute Gasteiger partial charge is 0.379 e. The number of benzene rings is 1. The highest BCUT2D eigenvalue weighted by Crippen LogP contribution is 2.18. The van der Waals surface area contributed by atoms with Crippen LogP contribution in [-0.4, -0.2) is 75.0 Å². The first-order valence-corrected chi connectivity index (χ1v) is 10.9. The van der Waals surface area contributed by atoms with Crippen LogP contribution in [0, 0.1) is 0 Å². The van der Waals surface area contributed by atoms with Gasteiger partial charge in [-0.2, -0.15) is 4.31 Å². The number of carbonyl (C=O) groups excluding carboxylic acids is 1. The first-order valence-electron chi connectivity index (χ1n) is 9.45. The molecule has 1 heterocycles. The Morgan fingerprint density at radius 1 is 1.19 bits per heavy atom. The van der Waals surface area contributed by atoms with Crippen LogP contribution >= 0.6 is 0 Å². The number of amides is 1. The van der Waals surface area contributed by atoms with Gasteiger partial charge in [-0.3, -0.25) is 9.69 Å². The SMILES string of the molecule is CC(C)N(CCNC(=O)c1cccc(S(=O)(=O)N2CCOCC2)c1)C(C)C. The van der Waals surface area contributed by atoms with E-state index >= 15 is 0 Å². The molecule has 1 N–H and O–H groups in total. The Morgan fingerprint density at radius 3 is 2.41 bits per heavy atom. The highest BCUT2D eigenvalue weighted by molar-refractivity contribution is 7.89. The Hall–Kier alpha value is -1.48. The van der Waals surface area contributed by atoms with Crippen LogP contribution in [0.3, 0.4) is 0 Å². The van der Waals surface area contributed by atoms with Gasteiger partial charge < -0.3 is 10.1 Å². The van der Waals surface area contributed by atoms with Crippen molar-refractivity contribution < 1.29 is 17.9 Å². The fraction of sp³-hybridized carbons (Fsp3) is 0.632. The van der Waals surface area contributed by atoms with Gasteiger partial charge in [0.25, 0.3) is 5.91 Å². The van der Waals surface area contributed by atoms with Gasteiger partial charge in [0, 0.05) is 43.8 Å². The van der Waals surface area contributed by atoms with Crippen LogP contribution < -0.4 is 5.32 Å². The number of sulfonamides is 1. The van der Waals surface area contributed by atoms with E-state index in [-0.39, 0.29) is 10.8 Å². The highest BCUT2D eigenvalue weighted by Gasteiger charge is 2.26. The number of hydrogen-bond acceptors (Lipinski definition) is 5. The molecular formula is C19H31N3O4S. The fourth-order valence-corrected chi connectivity index (χ4v) is 4.70. The van der Waals surface area contributed by atoms with Gasteiger partial charge in [-0.25, -0.2) is 8.42 Å². The molecule has 1 aliphatic rings. The summed E-state index contributed by atoms with van der Waals surface area (Å²) in [6.45, 7) is 11.2. The van der Waals surface area contributed by atoms with Crippen LogP contribution in [0.25, 0.3) is 0 Å². The minimum Gasteiger partial charge on any atom is -0.379 e. The molecule has 0 spiro atoms. The van der Waals surface area contributed by atoms with E-state index in [1.54, 1.807) is 12.1 Å². The molecule has 0 aliphatic carbocycles. The molecule has 2 rings (SSSR count). The molecule has 0 atom stereocenters. The molecule has 1 aromatic carbocycles. The van der Waals surface area contributed by atoms with E-state index < -0.39 is 10.0 Å². The monoisotopic (exact) mass is 397 g/mol. The van der Waals surface area contributed by atoms with Crippen molar-refractivity contribution in [2.24, 2.45) is 0 Å². The number of hydrogen-bond donors (Lipinski definition) is 1. The maximum atomic E-state index is 12.7. The Labute approximate surface area is 162 Å². The minimum atomic E-state index is -3.61. The second kappa shape index (κ2) is 9.64. The molecule has 0 saturated carbocycles. The summed E-state index contributed by atoms with van der Waals surface area (Å²) in [7, 11) is -3.61. The summed E-state index contributed by atoms with van der Waals surface area (Å²) in [6.07, 6.45) is 0. The van der Waals surface area contributed by atoms with E-state index in [0.717, 1.165) is 6.54 Å². The van der Waals surface area contributed by atoms with E-state index in [2.05, 4.69) is 37.9 Å². The van der Waals surface area contributed by atoms with Crippen LogP contribution in [0.5, 0.6) is 0 Å². The molecule has 1 amide bonds. The smallest absolute Gasteiger partial charge is 0.251 e. The lowest BCUT2D eigenvalue weighted by molar-refractivity contribution is 0.0730. The zero-order chi connectivity index (χ0) is 20.0. The van der Waals surface area contributed by atoms with Gasteiger partial charge in [0.1, 0.15) is 0 Å². The zero-order valence-electron chi connectivity index (χ0n) is 16.6. The Morgan fingerprint density at radius 2 is 1.81 bits per heavy atom. The van der Waals surface area contributed by atoms with E-state index in [4.69, 9.17) is 4.74 Å². The summed E-state index contributed by atoms with van der Waals surface area (Å²) >= 11 is 0. The van der Waals surface area contributed by atoms with Crippen molar-refractivity contribution in [3.8, 4) is 0 Å². The van der Waals surface area contributed by atoms with Gasteiger partial charge in [0.2, 0.25) is 10.0 Å². The molecule has 0 bridgehead atoms. The van der Waals surface area contributed by atoms with Gasteiger partial charge in [0.15, 0.2) is 0 Å². The molecule has 0 unspecified atom stereocenters. The van der Waals surface area contributed by atoms with E-state index in [1.165, 1.54) is 16.4 Å². The van der Waals surface area contributed by atoms with Crippen molar-refractivity contribution in [2.45, 2.75) is 44.7 Å². The number of ether oxygens (including phenoxy) is 1. The molecule has 1 saturated heterocycles. The standard InChI is InChI=1S/C19H31N3O4S/c1-15(2)22(16(3)4)9-8-20-19(23)17-6-5-7-18(14-17)27(24,25)21-10-12-26-13-11-21/h5-7,14-16H,8-13H2,1-4H3,(H,20,23). The number of nitrogens with one attached hydrogen (secondary N) is 1. The van der Waals surface area contributed by atoms with Gasteiger partial charge >= 0.3 is 0 Å². The second-order valence-electron chi connectivity index (χ2n) is 7.23. The van der Waals surface area contributed by atoms with Crippen molar-refractivity contribution in [1.82, 2.24) is 14.5 Å². The summed E-state index contributed by atoms with van der Waals surface area (Å²) in [5, 5.41) is 2.89. The topological polar surface area (TPSA) is 79.0 Å². The normalized spacial score (nSPS) is 16.3. The van der Waals surface area contributed by atoms with Crippen molar-refractivity contribution in [1.29, 1.82) is 0 Å². The van der Waals surface area contributed by atoms with E-state index in [1.807, 2.05) is 0 Å².